The second-order valence-corrected chi connectivity index (χ2v) is 2.48. The quantitative estimate of drug-likeness (QED) is 0.605. The summed E-state index contributed by atoms with van der Waals surface area (Å²) in [5, 5.41) is 3.31. The Bertz CT molecular complexity index is 37.8. The second kappa shape index (κ2) is 5.45. The molecule has 0 atom stereocenters. The van der Waals surface area contributed by atoms with Crippen LogP contribution < -0.4 is 5.32 Å². The molecule has 2 heteroatoms. The molecule has 0 saturated heterocycles. The zero-order valence-corrected chi connectivity index (χ0v) is 7.15. The summed E-state index contributed by atoms with van der Waals surface area (Å²) in [6, 6.07) is 1.25. The van der Waals surface area contributed by atoms with E-state index >= 15 is 0 Å². The number of hydrogen-bond donors (Lipinski definition) is 1. The average molecular weight is 135 g/mol. The van der Waals surface area contributed by atoms with Gasteiger partial charge < -0.3 is 5.32 Å². The van der Waals surface area contributed by atoms with Crippen molar-refractivity contribution in [3.05, 3.63) is 0 Å². The fourth-order valence-electron chi connectivity index (χ4n) is 0.667. The van der Waals surface area contributed by atoms with E-state index < -0.39 is 0 Å². The Hall–Kier alpha value is 0.310. The zero-order valence-electron chi connectivity index (χ0n) is 6.15. The van der Waals surface area contributed by atoms with Crippen LogP contribution in [0.5, 0.6) is 0 Å². The Balaban J connectivity index is 0. The van der Waals surface area contributed by atoms with Crippen LogP contribution in [0.1, 0.15) is 27.7 Å². The molecule has 0 aromatic heterocycles. The first-order valence-corrected chi connectivity index (χ1v) is 2.89. The summed E-state index contributed by atoms with van der Waals surface area (Å²) in [5.41, 5.74) is 0. The second-order valence-electron chi connectivity index (χ2n) is 2.48. The van der Waals surface area contributed by atoms with Crippen LogP contribution in [0.15, 0.2) is 0 Å². The van der Waals surface area contributed by atoms with Gasteiger partial charge in [0.05, 0.1) is 0 Å². The van der Waals surface area contributed by atoms with Crippen molar-refractivity contribution in [3.63, 3.8) is 0 Å². The van der Waals surface area contributed by atoms with E-state index in [0.717, 1.165) is 0 Å². The molecule has 0 bridgehead atoms. The van der Waals surface area contributed by atoms with Crippen molar-refractivity contribution < 1.29 is 0 Å². The van der Waals surface area contributed by atoms with E-state index in [1.54, 1.807) is 0 Å². The Kier molecular flexibility index (Phi) is 7.59. The normalized spacial score (nSPS) is 9.75. The summed E-state index contributed by atoms with van der Waals surface area (Å²) in [6.45, 7) is 8.61. The molecular weight excluding hydrogens is 118 g/mol. The first kappa shape index (κ1) is 11.2. The molecule has 0 fully saturated rings. The summed E-state index contributed by atoms with van der Waals surface area (Å²) in [4.78, 5) is 0. The van der Waals surface area contributed by atoms with Crippen LogP contribution in [0.3, 0.4) is 0 Å². The predicted octanol–water partition coefficient (Wildman–Crippen LogP) is 1.51. The number of nitrogens with one attached hydrogen (secondary N) is 1. The van der Waals surface area contributed by atoms with Crippen molar-refractivity contribution in [1.29, 1.82) is 0 Å². The SMILES string of the molecule is CC(C)NC(C)C.S. The highest BCUT2D eigenvalue weighted by Gasteiger charge is 1.92. The molecule has 1 nitrogen and oxygen atoms in total. The van der Waals surface area contributed by atoms with Gasteiger partial charge in [-0.05, 0) is 0 Å². The van der Waals surface area contributed by atoms with Crippen molar-refractivity contribution in [2.24, 2.45) is 0 Å². The van der Waals surface area contributed by atoms with Crippen LogP contribution in [0.4, 0.5) is 0 Å². The van der Waals surface area contributed by atoms with Gasteiger partial charge in [-0.1, -0.05) is 27.7 Å². The molecule has 8 heavy (non-hydrogen) atoms. The summed E-state index contributed by atoms with van der Waals surface area (Å²) < 4.78 is 0. The van der Waals surface area contributed by atoms with Gasteiger partial charge in [0.2, 0.25) is 0 Å². The lowest BCUT2D eigenvalue weighted by Crippen LogP contribution is -2.29. The fraction of sp³-hybridized carbons (Fsp3) is 1.00. The molecule has 52 valence electrons. The summed E-state index contributed by atoms with van der Waals surface area (Å²) in [6.07, 6.45) is 0. The van der Waals surface area contributed by atoms with Gasteiger partial charge in [-0.2, -0.15) is 13.5 Å². The van der Waals surface area contributed by atoms with Crippen LogP contribution in [0.2, 0.25) is 0 Å². The van der Waals surface area contributed by atoms with Gasteiger partial charge >= 0.3 is 0 Å². The molecule has 0 radical (unpaired) electrons. The molecular formula is C6H17NS. The van der Waals surface area contributed by atoms with Gasteiger partial charge in [-0.25, -0.2) is 0 Å². The van der Waals surface area contributed by atoms with Crippen molar-refractivity contribution in [2.75, 3.05) is 0 Å². The molecule has 0 aromatic rings. The maximum absolute atomic E-state index is 3.31. The fourth-order valence-corrected chi connectivity index (χ4v) is 0.667. The van der Waals surface area contributed by atoms with E-state index in [1.807, 2.05) is 0 Å². The maximum atomic E-state index is 3.31. The Morgan fingerprint density at radius 2 is 1.12 bits per heavy atom. The van der Waals surface area contributed by atoms with Gasteiger partial charge in [0, 0.05) is 12.1 Å². The third-order valence-corrected chi connectivity index (χ3v) is 0.667. The minimum atomic E-state index is 0. The number of rotatable bonds is 2. The minimum Gasteiger partial charge on any atom is -0.312 e. The highest BCUT2D eigenvalue weighted by atomic mass is 32.1. The highest BCUT2D eigenvalue weighted by molar-refractivity contribution is 7.59. The molecule has 0 unspecified atom stereocenters. The Morgan fingerprint density at radius 1 is 0.875 bits per heavy atom. The highest BCUT2D eigenvalue weighted by Crippen LogP contribution is 1.80. The lowest BCUT2D eigenvalue weighted by molar-refractivity contribution is 0.518. The van der Waals surface area contributed by atoms with Crippen LogP contribution in [0.25, 0.3) is 0 Å². The molecule has 0 aromatic carbocycles. The minimum absolute atomic E-state index is 0. The van der Waals surface area contributed by atoms with Gasteiger partial charge in [0.1, 0.15) is 0 Å². The van der Waals surface area contributed by atoms with Crippen molar-refractivity contribution >= 4 is 13.5 Å². The predicted molar refractivity (Wildman–Crippen MR) is 43.8 cm³/mol. The molecule has 0 heterocycles. The standard InChI is InChI=1S/C6H15N.H2S/c1-5(2)7-6(3)4;/h5-7H,1-4H3;1H2. The van der Waals surface area contributed by atoms with Gasteiger partial charge in [-0.15, -0.1) is 0 Å². The lowest BCUT2D eigenvalue weighted by atomic mass is 10.3. The van der Waals surface area contributed by atoms with Crippen LogP contribution >= 0.6 is 13.5 Å². The van der Waals surface area contributed by atoms with E-state index in [0.29, 0.717) is 12.1 Å². The van der Waals surface area contributed by atoms with Crippen LogP contribution in [-0.2, 0) is 0 Å². The molecule has 0 aliphatic rings. The molecule has 1 N–H and O–H groups in total. The third-order valence-electron chi connectivity index (χ3n) is 0.667. The largest absolute Gasteiger partial charge is 0.312 e. The van der Waals surface area contributed by atoms with E-state index in [-0.39, 0.29) is 13.5 Å². The van der Waals surface area contributed by atoms with Crippen molar-refractivity contribution in [1.82, 2.24) is 5.32 Å². The van der Waals surface area contributed by atoms with E-state index in [1.165, 1.54) is 0 Å². The van der Waals surface area contributed by atoms with Gasteiger partial charge in [0.25, 0.3) is 0 Å². The summed E-state index contributed by atoms with van der Waals surface area (Å²) in [7, 11) is 0. The summed E-state index contributed by atoms with van der Waals surface area (Å²) >= 11 is 0. The number of hydrogen-bond acceptors (Lipinski definition) is 1. The van der Waals surface area contributed by atoms with Crippen molar-refractivity contribution in [3.8, 4) is 0 Å². The third kappa shape index (κ3) is 9.58. The van der Waals surface area contributed by atoms with Crippen LogP contribution in [0, 0.1) is 0 Å². The zero-order chi connectivity index (χ0) is 5.86. The molecule has 0 aliphatic carbocycles. The van der Waals surface area contributed by atoms with Gasteiger partial charge in [0.15, 0.2) is 0 Å². The maximum Gasteiger partial charge on any atom is 0.00127 e. The first-order valence-electron chi connectivity index (χ1n) is 2.89. The topological polar surface area (TPSA) is 12.0 Å². The smallest absolute Gasteiger partial charge is 0.00127 e. The molecule has 0 spiro atoms. The van der Waals surface area contributed by atoms with E-state index in [9.17, 15) is 0 Å². The Labute approximate surface area is 59.3 Å². The first-order chi connectivity index (χ1) is 3.13. The lowest BCUT2D eigenvalue weighted by Gasteiger charge is -2.10. The van der Waals surface area contributed by atoms with E-state index in [4.69, 9.17) is 0 Å². The average Bonchev–Trinajstić information content (AvgIpc) is 1.27. The Morgan fingerprint density at radius 3 is 1.12 bits per heavy atom. The molecule has 0 amide bonds. The van der Waals surface area contributed by atoms with Gasteiger partial charge in [-0.3, -0.25) is 0 Å². The molecule has 0 rings (SSSR count). The van der Waals surface area contributed by atoms with E-state index in [2.05, 4.69) is 33.0 Å². The van der Waals surface area contributed by atoms with Crippen molar-refractivity contribution in [2.45, 2.75) is 39.8 Å². The summed E-state index contributed by atoms with van der Waals surface area (Å²) in [5.74, 6) is 0. The molecule has 0 aliphatic heterocycles. The monoisotopic (exact) mass is 135 g/mol. The molecule has 0 saturated carbocycles. The van der Waals surface area contributed by atoms with Crippen LogP contribution in [-0.4, -0.2) is 12.1 Å².